The minimum absolute atomic E-state index is 0.330. The fourth-order valence-electron chi connectivity index (χ4n) is 2.28. The zero-order valence-electron chi connectivity index (χ0n) is 11.9. The first-order valence-corrected chi connectivity index (χ1v) is 7.12. The van der Waals surface area contributed by atoms with Crippen LogP contribution in [0.1, 0.15) is 17.2 Å². The molecule has 0 unspecified atom stereocenters. The number of imidazole rings is 1. The minimum atomic E-state index is 0.330. The van der Waals surface area contributed by atoms with E-state index >= 15 is 0 Å². The summed E-state index contributed by atoms with van der Waals surface area (Å²) in [5, 5.41) is 0. The summed E-state index contributed by atoms with van der Waals surface area (Å²) >= 11 is 6.03. The van der Waals surface area contributed by atoms with Crippen molar-refractivity contribution in [2.45, 2.75) is 19.3 Å². The van der Waals surface area contributed by atoms with Crippen molar-refractivity contribution < 1.29 is 4.74 Å². The van der Waals surface area contributed by atoms with E-state index in [1.807, 2.05) is 29.7 Å². The van der Waals surface area contributed by atoms with Gasteiger partial charge >= 0.3 is 0 Å². The van der Waals surface area contributed by atoms with E-state index in [0.29, 0.717) is 12.4 Å². The van der Waals surface area contributed by atoms with E-state index in [2.05, 4.69) is 15.0 Å². The molecule has 0 saturated heterocycles. The van der Waals surface area contributed by atoms with Crippen LogP contribution in [-0.2, 0) is 12.4 Å². The first kappa shape index (κ1) is 13.8. The fraction of sp³-hybridized carbons (Fsp3) is 0.267. The van der Waals surface area contributed by atoms with Gasteiger partial charge in [-0.15, -0.1) is 11.6 Å². The molecule has 0 bridgehead atoms. The molecule has 0 N–H and O–H groups in total. The summed E-state index contributed by atoms with van der Waals surface area (Å²) in [4.78, 5) is 13.2. The molecule has 0 atom stereocenters. The van der Waals surface area contributed by atoms with Gasteiger partial charge in [-0.05, 0) is 19.1 Å². The molecule has 2 aromatic heterocycles. The fourth-order valence-corrected chi connectivity index (χ4v) is 2.48. The molecule has 5 nitrogen and oxygen atoms in total. The molecule has 3 rings (SSSR count). The van der Waals surface area contributed by atoms with Crippen LogP contribution in [0.4, 0.5) is 0 Å². The third kappa shape index (κ3) is 2.56. The molecule has 0 radical (unpaired) electrons. The van der Waals surface area contributed by atoms with Crippen molar-refractivity contribution in [3.8, 4) is 5.75 Å². The van der Waals surface area contributed by atoms with E-state index in [-0.39, 0.29) is 0 Å². The molecule has 0 saturated carbocycles. The number of methoxy groups -OCH3 is 1. The van der Waals surface area contributed by atoms with Crippen molar-refractivity contribution in [2.75, 3.05) is 7.11 Å². The lowest BCUT2D eigenvalue weighted by Crippen LogP contribution is -2.06. The summed E-state index contributed by atoms with van der Waals surface area (Å²) in [5.74, 6) is 1.86. The average molecular weight is 303 g/mol. The molecule has 21 heavy (non-hydrogen) atoms. The van der Waals surface area contributed by atoms with Crippen molar-refractivity contribution in [1.82, 2.24) is 19.5 Å². The van der Waals surface area contributed by atoms with E-state index in [1.165, 1.54) is 0 Å². The highest BCUT2D eigenvalue weighted by molar-refractivity contribution is 6.16. The van der Waals surface area contributed by atoms with Gasteiger partial charge in [0.15, 0.2) is 0 Å². The Labute approximate surface area is 127 Å². The summed E-state index contributed by atoms with van der Waals surface area (Å²) in [5.41, 5.74) is 3.56. The van der Waals surface area contributed by atoms with Crippen LogP contribution in [0.5, 0.6) is 5.75 Å². The van der Waals surface area contributed by atoms with Gasteiger partial charge in [0.1, 0.15) is 17.1 Å². The maximum Gasteiger partial charge on any atom is 0.146 e. The highest BCUT2D eigenvalue weighted by atomic mass is 35.5. The topological polar surface area (TPSA) is 52.8 Å². The third-order valence-electron chi connectivity index (χ3n) is 3.31. The number of halogens is 1. The molecular weight excluding hydrogens is 288 g/mol. The van der Waals surface area contributed by atoms with Crippen LogP contribution >= 0.6 is 11.6 Å². The average Bonchev–Trinajstić information content (AvgIpc) is 2.87. The van der Waals surface area contributed by atoms with Crippen molar-refractivity contribution in [3.05, 3.63) is 47.8 Å². The predicted molar refractivity (Wildman–Crippen MR) is 81.7 cm³/mol. The largest absolute Gasteiger partial charge is 0.494 e. The van der Waals surface area contributed by atoms with E-state index in [1.54, 1.807) is 19.5 Å². The number of nitrogens with zero attached hydrogens (tertiary/aromatic N) is 4. The van der Waals surface area contributed by atoms with Gasteiger partial charge in [0.2, 0.25) is 0 Å². The number of hydrogen-bond donors (Lipinski definition) is 0. The standard InChI is InChI=1S/C15H15ClN4O/c1-10-7-18-11(8-17-10)9-20-12-4-3-5-13(21-2)15(12)19-14(20)6-16/h3-5,7-8H,6,9H2,1-2H3. The van der Waals surface area contributed by atoms with Crippen LogP contribution in [0, 0.1) is 6.92 Å². The third-order valence-corrected chi connectivity index (χ3v) is 3.55. The van der Waals surface area contributed by atoms with E-state index in [4.69, 9.17) is 16.3 Å². The Morgan fingerprint density at radius 2 is 2.10 bits per heavy atom. The summed E-state index contributed by atoms with van der Waals surface area (Å²) in [6.45, 7) is 2.50. The highest BCUT2D eigenvalue weighted by Crippen LogP contribution is 2.26. The Bertz CT molecular complexity index is 767. The number of aromatic nitrogens is 4. The second-order valence-corrected chi connectivity index (χ2v) is 4.99. The lowest BCUT2D eigenvalue weighted by Gasteiger charge is -2.07. The van der Waals surface area contributed by atoms with Crippen molar-refractivity contribution in [2.24, 2.45) is 0 Å². The summed E-state index contributed by atoms with van der Waals surface area (Å²) in [6.07, 6.45) is 3.54. The van der Waals surface area contributed by atoms with Crippen LogP contribution in [0.2, 0.25) is 0 Å². The Hall–Kier alpha value is -2.14. The zero-order chi connectivity index (χ0) is 14.8. The van der Waals surface area contributed by atoms with Gasteiger partial charge in [-0.1, -0.05) is 6.07 Å². The van der Waals surface area contributed by atoms with Gasteiger partial charge < -0.3 is 9.30 Å². The van der Waals surface area contributed by atoms with Crippen molar-refractivity contribution in [3.63, 3.8) is 0 Å². The van der Waals surface area contributed by atoms with Gasteiger partial charge in [-0.25, -0.2) is 4.98 Å². The molecule has 0 fully saturated rings. The molecule has 2 heterocycles. The second-order valence-electron chi connectivity index (χ2n) is 4.72. The van der Waals surface area contributed by atoms with Crippen LogP contribution in [0.15, 0.2) is 30.6 Å². The maximum absolute atomic E-state index is 6.03. The molecular formula is C15H15ClN4O. The number of benzene rings is 1. The number of alkyl halides is 1. The molecule has 6 heteroatoms. The summed E-state index contributed by atoms with van der Waals surface area (Å²) in [6, 6.07) is 5.84. The first-order chi connectivity index (χ1) is 10.2. The van der Waals surface area contributed by atoms with E-state index in [0.717, 1.165) is 34.0 Å². The number of fused-ring (bicyclic) bond motifs is 1. The van der Waals surface area contributed by atoms with Crippen LogP contribution in [0.25, 0.3) is 11.0 Å². The predicted octanol–water partition coefficient (Wildman–Crippen LogP) is 2.93. The summed E-state index contributed by atoms with van der Waals surface area (Å²) in [7, 11) is 1.64. The number of ether oxygens (including phenoxy) is 1. The molecule has 0 aliphatic carbocycles. The molecule has 3 aromatic rings. The van der Waals surface area contributed by atoms with Gasteiger partial charge in [-0.3, -0.25) is 9.97 Å². The van der Waals surface area contributed by atoms with Crippen LogP contribution < -0.4 is 4.74 Å². The smallest absolute Gasteiger partial charge is 0.146 e. The molecule has 0 spiro atoms. The first-order valence-electron chi connectivity index (χ1n) is 6.58. The van der Waals surface area contributed by atoms with E-state index in [9.17, 15) is 0 Å². The Morgan fingerprint density at radius 1 is 1.24 bits per heavy atom. The second kappa shape index (κ2) is 5.69. The number of aryl methyl sites for hydroxylation is 1. The normalized spacial score (nSPS) is 11.0. The van der Waals surface area contributed by atoms with Gasteiger partial charge in [-0.2, -0.15) is 0 Å². The SMILES string of the molecule is COc1cccc2c1nc(CCl)n2Cc1cnc(C)cn1. The molecule has 0 aliphatic heterocycles. The molecule has 0 amide bonds. The Kier molecular flexibility index (Phi) is 3.75. The number of para-hydroxylation sites is 1. The van der Waals surface area contributed by atoms with E-state index < -0.39 is 0 Å². The van der Waals surface area contributed by atoms with Gasteiger partial charge in [0, 0.05) is 6.20 Å². The Morgan fingerprint density at radius 3 is 2.76 bits per heavy atom. The lowest BCUT2D eigenvalue weighted by atomic mass is 10.3. The monoisotopic (exact) mass is 302 g/mol. The minimum Gasteiger partial charge on any atom is -0.494 e. The van der Waals surface area contributed by atoms with Crippen molar-refractivity contribution >= 4 is 22.6 Å². The molecule has 0 aliphatic rings. The van der Waals surface area contributed by atoms with Crippen molar-refractivity contribution in [1.29, 1.82) is 0 Å². The van der Waals surface area contributed by atoms with Gasteiger partial charge in [0.25, 0.3) is 0 Å². The van der Waals surface area contributed by atoms with Crippen LogP contribution in [0.3, 0.4) is 0 Å². The lowest BCUT2D eigenvalue weighted by molar-refractivity contribution is 0.419. The summed E-state index contributed by atoms with van der Waals surface area (Å²) < 4.78 is 7.41. The van der Waals surface area contributed by atoms with Gasteiger partial charge in [0.05, 0.1) is 42.6 Å². The maximum atomic E-state index is 6.03. The molecule has 108 valence electrons. The number of hydrogen-bond acceptors (Lipinski definition) is 4. The van der Waals surface area contributed by atoms with Crippen LogP contribution in [-0.4, -0.2) is 26.6 Å². The highest BCUT2D eigenvalue weighted by Gasteiger charge is 2.14. The zero-order valence-corrected chi connectivity index (χ0v) is 12.6. The quantitative estimate of drug-likeness (QED) is 0.695. The number of rotatable bonds is 4. The Balaban J connectivity index is 2.10. The molecule has 1 aromatic carbocycles.